The predicted molar refractivity (Wildman–Crippen MR) is 60.0 cm³/mol. The normalized spacial score (nSPS) is 36.1. The van der Waals surface area contributed by atoms with Gasteiger partial charge < -0.3 is 19.3 Å². The lowest BCUT2D eigenvalue weighted by Crippen LogP contribution is -2.49. The van der Waals surface area contributed by atoms with Crippen LogP contribution in [0.3, 0.4) is 0 Å². The molecule has 1 saturated heterocycles. The summed E-state index contributed by atoms with van der Waals surface area (Å²) in [6, 6.07) is 9.69. The minimum atomic E-state index is -0.635. The summed E-state index contributed by atoms with van der Waals surface area (Å²) < 4.78 is 16.7. The van der Waals surface area contributed by atoms with Crippen molar-refractivity contribution in [3.63, 3.8) is 0 Å². The van der Waals surface area contributed by atoms with Gasteiger partial charge in [0.05, 0.1) is 12.9 Å². The lowest BCUT2D eigenvalue weighted by atomic mass is 10.0. The first-order valence-corrected chi connectivity index (χ1v) is 5.67. The summed E-state index contributed by atoms with van der Waals surface area (Å²) >= 11 is 0. The van der Waals surface area contributed by atoms with Crippen LogP contribution >= 0.6 is 0 Å². The summed E-state index contributed by atoms with van der Waals surface area (Å²) in [5.74, 6) is 0. The third-order valence-corrected chi connectivity index (χ3v) is 3.00. The third-order valence-electron chi connectivity index (χ3n) is 3.00. The molecule has 17 heavy (non-hydrogen) atoms. The first kappa shape index (κ1) is 10.8. The summed E-state index contributed by atoms with van der Waals surface area (Å²) in [4.78, 5) is 0. The largest absolute Gasteiger partial charge is 0.493 e. The Morgan fingerprint density at radius 1 is 1.18 bits per heavy atom. The monoisotopic (exact) mass is 234 g/mol. The Hall–Kier alpha value is -1.36. The van der Waals surface area contributed by atoms with E-state index in [1.54, 1.807) is 6.08 Å². The van der Waals surface area contributed by atoms with Crippen molar-refractivity contribution >= 4 is 0 Å². The Morgan fingerprint density at radius 2 is 2.00 bits per heavy atom. The van der Waals surface area contributed by atoms with Gasteiger partial charge in [-0.2, -0.15) is 0 Å². The second-order valence-electron chi connectivity index (χ2n) is 4.17. The van der Waals surface area contributed by atoms with Gasteiger partial charge >= 0.3 is 0 Å². The molecule has 2 aliphatic heterocycles. The van der Waals surface area contributed by atoms with Crippen molar-refractivity contribution in [2.24, 2.45) is 0 Å². The Morgan fingerprint density at radius 3 is 2.82 bits per heavy atom. The highest BCUT2D eigenvalue weighted by molar-refractivity contribution is 5.16. The molecule has 3 rings (SSSR count). The molecule has 1 aromatic carbocycles. The highest BCUT2D eigenvalue weighted by atomic mass is 16.7. The van der Waals surface area contributed by atoms with Crippen LogP contribution in [0.4, 0.5) is 0 Å². The van der Waals surface area contributed by atoms with Crippen molar-refractivity contribution in [2.75, 3.05) is 6.61 Å². The number of ether oxygens (including phenoxy) is 3. The SMILES string of the molecule is O[C@H]1C=CO[C@H]2COC(c3ccccc3)O[C@H]21. The van der Waals surface area contributed by atoms with Gasteiger partial charge in [-0.25, -0.2) is 0 Å². The lowest BCUT2D eigenvalue weighted by Gasteiger charge is -2.39. The molecule has 2 heterocycles. The standard InChI is InChI=1S/C13H14O4/c14-10-6-7-15-11-8-16-13(17-12(10)11)9-4-2-1-3-5-9/h1-7,10-14H,8H2/t10-,11-,12-,13?/m0/s1. The van der Waals surface area contributed by atoms with Crippen LogP contribution in [0.15, 0.2) is 42.7 Å². The van der Waals surface area contributed by atoms with Crippen LogP contribution in [-0.2, 0) is 14.2 Å². The quantitative estimate of drug-likeness (QED) is 0.797. The van der Waals surface area contributed by atoms with Crippen molar-refractivity contribution < 1.29 is 19.3 Å². The Labute approximate surface area is 99.4 Å². The van der Waals surface area contributed by atoms with Gasteiger partial charge in [0.15, 0.2) is 12.4 Å². The fourth-order valence-electron chi connectivity index (χ4n) is 2.09. The highest BCUT2D eigenvalue weighted by Gasteiger charge is 2.39. The second kappa shape index (κ2) is 4.49. The zero-order chi connectivity index (χ0) is 11.7. The molecule has 4 atom stereocenters. The number of aliphatic hydroxyl groups is 1. The van der Waals surface area contributed by atoms with Gasteiger partial charge in [0.1, 0.15) is 12.2 Å². The van der Waals surface area contributed by atoms with Crippen molar-refractivity contribution in [1.29, 1.82) is 0 Å². The van der Waals surface area contributed by atoms with E-state index in [-0.39, 0.29) is 12.2 Å². The minimum absolute atomic E-state index is 0.227. The van der Waals surface area contributed by atoms with E-state index in [4.69, 9.17) is 14.2 Å². The number of benzene rings is 1. The Balaban J connectivity index is 1.77. The van der Waals surface area contributed by atoms with Gasteiger partial charge in [-0.3, -0.25) is 0 Å². The van der Waals surface area contributed by atoms with Gasteiger partial charge in [0, 0.05) is 5.56 Å². The van der Waals surface area contributed by atoms with Gasteiger partial charge in [0.2, 0.25) is 0 Å². The molecule has 1 aromatic rings. The second-order valence-corrected chi connectivity index (χ2v) is 4.17. The average Bonchev–Trinajstić information content (AvgIpc) is 2.40. The zero-order valence-corrected chi connectivity index (χ0v) is 9.23. The summed E-state index contributed by atoms with van der Waals surface area (Å²) in [5, 5.41) is 9.82. The van der Waals surface area contributed by atoms with Crippen LogP contribution in [-0.4, -0.2) is 30.0 Å². The third kappa shape index (κ3) is 2.07. The van der Waals surface area contributed by atoms with E-state index in [1.165, 1.54) is 6.26 Å². The highest BCUT2D eigenvalue weighted by Crippen LogP contribution is 2.30. The fraction of sp³-hybridized carbons (Fsp3) is 0.385. The average molecular weight is 234 g/mol. The van der Waals surface area contributed by atoms with E-state index in [1.807, 2.05) is 30.3 Å². The summed E-state index contributed by atoms with van der Waals surface area (Å²) in [6.45, 7) is 0.422. The van der Waals surface area contributed by atoms with Crippen molar-refractivity contribution in [2.45, 2.75) is 24.6 Å². The molecular weight excluding hydrogens is 220 g/mol. The van der Waals surface area contributed by atoms with E-state index in [9.17, 15) is 5.11 Å². The van der Waals surface area contributed by atoms with E-state index in [2.05, 4.69) is 0 Å². The minimum Gasteiger partial charge on any atom is -0.493 e. The predicted octanol–water partition coefficient (Wildman–Crippen LogP) is 1.37. The molecule has 0 saturated carbocycles. The zero-order valence-electron chi connectivity index (χ0n) is 9.23. The molecule has 0 radical (unpaired) electrons. The van der Waals surface area contributed by atoms with Crippen LogP contribution in [0.2, 0.25) is 0 Å². The smallest absolute Gasteiger partial charge is 0.184 e. The molecule has 1 unspecified atom stereocenters. The van der Waals surface area contributed by atoms with Crippen LogP contribution in [0.1, 0.15) is 11.9 Å². The molecule has 1 fully saturated rings. The molecule has 4 nitrogen and oxygen atoms in total. The van der Waals surface area contributed by atoms with Gasteiger partial charge in [-0.1, -0.05) is 30.3 Å². The van der Waals surface area contributed by atoms with Crippen molar-refractivity contribution in [3.05, 3.63) is 48.2 Å². The summed E-state index contributed by atoms with van der Waals surface area (Å²) in [6.07, 6.45) is 1.44. The fourth-order valence-corrected chi connectivity index (χ4v) is 2.09. The van der Waals surface area contributed by atoms with Crippen LogP contribution in [0, 0.1) is 0 Å². The van der Waals surface area contributed by atoms with Gasteiger partial charge in [-0.05, 0) is 6.08 Å². The molecule has 1 N–H and O–H groups in total. The summed E-state index contributed by atoms with van der Waals surface area (Å²) in [5.41, 5.74) is 0.952. The maximum Gasteiger partial charge on any atom is 0.184 e. The number of hydrogen-bond acceptors (Lipinski definition) is 4. The molecule has 0 amide bonds. The molecule has 0 aromatic heterocycles. The van der Waals surface area contributed by atoms with Crippen molar-refractivity contribution in [1.82, 2.24) is 0 Å². The first-order valence-electron chi connectivity index (χ1n) is 5.67. The van der Waals surface area contributed by atoms with E-state index in [0.29, 0.717) is 6.61 Å². The maximum absolute atomic E-state index is 9.82. The number of hydrogen-bond donors (Lipinski definition) is 1. The summed E-state index contributed by atoms with van der Waals surface area (Å²) in [7, 11) is 0. The Kier molecular flexibility index (Phi) is 2.84. The number of aliphatic hydroxyl groups excluding tert-OH is 1. The molecule has 90 valence electrons. The topological polar surface area (TPSA) is 47.9 Å². The molecule has 0 bridgehead atoms. The lowest BCUT2D eigenvalue weighted by molar-refractivity contribution is -0.276. The van der Waals surface area contributed by atoms with E-state index in [0.717, 1.165) is 5.56 Å². The van der Waals surface area contributed by atoms with Crippen LogP contribution in [0.25, 0.3) is 0 Å². The van der Waals surface area contributed by atoms with Crippen molar-refractivity contribution in [3.8, 4) is 0 Å². The van der Waals surface area contributed by atoms with Crippen LogP contribution < -0.4 is 0 Å². The maximum atomic E-state index is 9.82. The molecule has 0 spiro atoms. The Bertz CT molecular complexity index is 403. The molecule has 4 heteroatoms. The molecular formula is C13H14O4. The van der Waals surface area contributed by atoms with E-state index >= 15 is 0 Å². The van der Waals surface area contributed by atoms with Gasteiger partial charge in [0.25, 0.3) is 0 Å². The van der Waals surface area contributed by atoms with Gasteiger partial charge in [-0.15, -0.1) is 0 Å². The first-order chi connectivity index (χ1) is 8.34. The number of fused-ring (bicyclic) bond motifs is 1. The van der Waals surface area contributed by atoms with E-state index < -0.39 is 12.4 Å². The molecule has 0 aliphatic carbocycles. The molecule has 2 aliphatic rings. The number of rotatable bonds is 1. The van der Waals surface area contributed by atoms with Crippen LogP contribution in [0.5, 0.6) is 0 Å².